The molecule has 1 fully saturated rings. The van der Waals surface area contributed by atoms with Crippen LogP contribution >= 0.6 is 22.1 Å². The molecule has 0 bridgehead atoms. The van der Waals surface area contributed by atoms with Gasteiger partial charge in [-0.15, -0.1) is 0 Å². The zero-order valence-electron chi connectivity index (χ0n) is 4.63. The molecule has 0 atom stereocenters. The second kappa shape index (κ2) is 2.55. The summed E-state index contributed by atoms with van der Waals surface area (Å²) in [7, 11) is 0. The van der Waals surface area contributed by atoms with Gasteiger partial charge in [0, 0.05) is 5.57 Å². The van der Waals surface area contributed by atoms with Crippen LogP contribution in [-0.4, -0.2) is 0 Å². The van der Waals surface area contributed by atoms with Crippen LogP contribution in [0.3, 0.4) is 0 Å². The van der Waals surface area contributed by atoms with Crippen molar-refractivity contribution in [1.29, 1.82) is 0 Å². The first-order valence-corrected chi connectivity index (χ1v) is 4.16. The maximum Gasteiger partial charge on any atom is 0.304 e. The molecule has 0 saturated carbocycles. The Labute approximate surface area is 56.4 Å². The van der Waals surface area contributed by atoms with Crippen LogP contribution in [0.2, 0.25) is 0 Å². The molecule has 2 nitrogen and oxygen atoms in total. The predicted octanol–water partition coefficient (Wildman–Crippen LogP) is 2.50. The summed E-state index contributed by atoms with van der Waals surface area (Å²) in [4.78, 5) is 0. The first kappa shape index (κ1) is 6.16. The summed E-state index contributed by atoms with van der Waals surface area (Å²) in [5.41, 5.74) is 1.07. The smallest absolute Gasteiger partial charge is 0.304 e. The van der Waals surface area contributed by atoms with Crippen molar-refractivity contribution < 1.29 is 8.37 Å². The van der Waals surface area contributed by atoms with Gasteiger partial charge in [-0.2, -0.15) is 0 Å². The highest BCUT2D eigenvalue weighted by atomic mass is 33.1. The lowest BCUT2D eigenvalue weighted by Gasteiger charge is -1.92. The van der Waals surface area contributed by atoms with Crippen LogP contribution in [0, 0.1) is 0 Å². The molecule has 1 saturated heterocycles. The van der Waals surface area contributed by atoms with E-state index in [9.17, 15) is 0 Å². The van der Waals surface area contributed by atoms with Crippen molar-refractivity contribution in [3.63, 3.8) is 0 Å². The van der Waals surface area contributed by atoms with Crippen LogP contribution in [0.25, 0.3) is 0 Å². The molecule has 0 spiro atoms. The summed E-state index contributed by atoms with van der Waals surface area (Å²) in [6.45, 7) is 3.89. The van der Waals surface area contributed by atoms with E-state index in [1.54, 1.807) is 0 Å². The zero-order valence-corrected chi connectivity index (χ0v) is 6.27. The number of hydrogen-bond acceptors (Lipinski definition) is 4. The normalized spacial score (nSPS) is 17.5. The maximum absolute atomic E-state index is 4.95. The van der Waals surface area contributed by atoms with Crippen molar-refractivity contribution in [2.24, 2.45) is 0 Å². The van der Waals surface area contributed by atoms with Gasteiger partial charge in [-0.05, 0) is 13.8 Å². The number of hydrogen-bond donors (Lipinski definition) is 0. The van der Waals surface area contributed by atoms with E-state index in [2.05, 4.69) is 0 Å². The monoisotopic (exact) mass is 150 g/mol. The summed E-state index contributed by atoms with van der Waals surface area (Å²) in [5.74, 6) is 0.639. The van der Waals surface area contributed by atoms with E-state index in [0.29, 0.717) is 5.95 Å². The Kier molecular flexibility index (Phi) is 1.96. The summed E-state index contributed by atoms with van der Waals surface area (Å²) in [5, 5.41) is 0. The van der Waals surface area contributed by atoms with Crippen LogP contribution < -0.4 is 0 Å². The topological polar surface area (TPSA) is 18.5 Å². The van der Waals surface area contributed by atoms with Gasteiger partial charge in [0.25, 0.3) is 0 Å². The van der Waals surface area contributed by atoms with Gasteiger partial charge in [-0.3, -0.25) is 0 Å². The van der Waals surface area contributed by atoms with Gasteiger partial charge in [0.15, 0.2) is 22.1 Å². The molecule has 46 valence electrons. The summed E-state index contributed by atoms with van der Waals surface area (Å²) >= 11 is 2.49. The Bertz CT molecular complexity index is 109. The second-order valence-electron chi connectivity index (χ2n) is 1.59. The summed E-state index contributed by atoms with van der Waals surface area (Å²) in [6.07, 6.45) is 0. The molecular weight excluding hydrogens is 144 g/mol. The molecule has 1 aliphatic rings. The van der Waals surface area contributed by atoms with Crippen molar-refractivity contribution in [2.75, 3.05) is 0 Å². The van der Waals surface area contributed by atoms with E-state index >= 15 is 0 Å². The van der Waals surface area contributed by atoms with Gasteiger partial charge >= 0.3 is 5.95 Å². The standard InChI is InChI=1S/C4H6O2S2/c1-3(2)4-5-7-8-6-4/h1-2H3. The van der Waals surface area contributed by atoms with Gasteiger partial charge in [0.2, 0.25) is 0 Å². The van der Waals surface area contributed by atoms with Gasteiger partial charge in [0.1, 0.15) is 0 Å². The lowest BCUT2D eigenvalue weighted by molar-refractivity contribution is 0.298. The third kappa shape index (κ3) is 1.26. The lowest BCUT2D eigenvalue weighted by atomic mass is 10.4. The Morgan fingerprint density at radius 3 is 2.00 bits per heavy atom. The summed E-state index contributed by atoms with van der Waals surface area (Å²) < 4.78 is 9.90. The number of allylic oxidation sites excluding steroid dienone is 1. The van der Waals surface area contributed by atoms with Crippen molar-refractivity contribution in [3.05, 3.63) is 11.5 Å². The van der Waals surface area contributed by atoms with Crippen LogP contribution in [0.15, 0.2) is 11.5 Å². The number of rotatable bonds is 0. The molecule has 8 heavy (non-hydrogen) atoms. The highest BCUT2D eigenvalue weighted by Crippen LogP contribution is 2.38. The van der Waals surface area contributed by atoms with E-state index in [0.717, 1.165) is 5.57 Å². The van der Waals surface area contributed by atoms with Crippen LogP contribution in [0.1, 0.15) is 13.8 Å². The Hall–Kier alpha value is 0.0400. The van der Waals surface area contributed by atoms with E-state index < -0.39 is 0 Å². The minimum atomic E-state index is 0.639. The third-order valence-corrected chi connectivity index (χ3v) is 1.72. The first-order valence-electron chi connectivity index (χ1n) is 2.16. The highest BCUT2D eigenvalue weighted by Gasteiger charge is 2.12. The minimum absolute atomic E-state index is 0.639. The maximum atomic E-state index is 4.95. The van der Waals surface area contributed by atoms with Crippen LogP contribution in [-0.2, 0) is 8.37 Å². The molecule has 0 aromatic heterocycles. The Balaban J connectivity index is 2.58. The van der Waals surface area contributed by atoms with Crippen molar-refractivity contribution in [1.82, 2.24) is 0 Å². The second-order valence-corrected chi connectivity index (χ2v) is 3.01. The predicted molar refractivity (Wildman–Crippen MR) is 35.7 cm³/mol. The van der Waals surface area contributed by atoms with Gasteiger partial charge in [0.05, 0.1) is 0 Å². The zero-order chi connectivity index (χ0) is 5.98. The Morgan fingerprint density at radius 1 is 1.25 bits per heavy atom. The van der Waals surface area contributed by atoms with Gasteiger partial charge in [-0.1, -0.05) is 0 Å². The van der Waals surface area contributed by atoms with Gasteiger partial charge < -0.3 is 8.37 Å². The van der Waals surface area contributed by atoms with E-state index in [1.807, 2.05) is 13.8 Å². The molecule has 0 aromatic carbocycles. The van der Waals surface area contributed by atoms with Crippen LogP contribution in [0.5, 0.6) is 0 Å². The fourth-order valence-corrected chi connectivity index (χ4v) is 1.43. The first-order chi connectivity index (χ1) is 3.80. The molecule has 1 aliphatic heterocycles. The van der Waals surface area contributed by atoms with Crippen molar-refractivity contribution in [3.8, 4) is 0 Å². The average molecular weight is 150 g/mol. The Morgan fingerprint density at radius 2 is 1.75 bits per heavy atom. The van der Waals surface area contributed by atoms with Crippen molar-refractivity contribution in [2.45, 2.75) is 13.8 Å². The average Bonchev–Trinajstić information content (AvgIpc) is 2.12. The fraction of sp³-hybridized carbons (Fsp3) is 0.500. The van der Waals surface area contributed by atoms with Crippen LogP contribution in [0.4, 0.5) is 0 Å². The molecule has 1 rings (SSSR count). The van der Waals surface area contributed by atoms with Crippen molar-refractivity contribution >= 4 is 22.1 Å². The summed E-state index contributed by atoms with van der Waals surface area (Å²) in [6, 6.07) is 0. The molecule has 1 heterocycles. The molecule has 0 amide bonds. The quantitative estimate of drug-likeness (QED) is 0.390. The van der Waals surface area contributed by atoms with E-state index in [4.69, 9.17) is 8.37 Å². The van der Waals surface area contributed by atoms with E-state index in [1.165, 1.54) is 22.1 Å². The van der Waals surface area contributed by atoms with E-state index in [-0.39, 0.29) is 0 Å². The molecule has 0 aromatic rings. The molecule has 0 unspecified atom stereocenters. The molecule has 0 N–H and O–H groups in total. The van der Waals surface area contributed by atoms with Gasteiger partial charge in [-0.25, -0.2) is 0 Å². The molecule has 4 heteroatoms. The SMILES string of the molecule is CC(C)=C1OSSO1. The highest BCUT2D eigenvalue weighted by molar-refractivity contribution is 8.73. The lowest BCUT2D eigenvalue weighted by Crippen LogP contribution is -1.79. The fourth-order valence-electron chi connectivity index (χ4n) is 0.270. The minimum Gasteiger partial charge on any atom is -0.375 e. The molecular formula is C4H6O2S2. The largest absolute Gasteiger partial charge is 0.375 e. The molecule has 0 aliphatic carbocycles. The third-order valence-electron chi connectivity index (χ3n) is 0.655. The molecule has 0 radical (unpaired) electrons.